The first-order valence-electron chi connectivity index (χ1n) is 9.13. The molecular formula is C18H20N8S. The average Bonchev–Trinajstić information content (AvgIpc) is 3.31. The average molecular weight is 380 g/mol. The molecule has 27 heavy (non-hydrogen) atoms. The summed E-state index contributed by atoms with van der Waals surface area (Å²) >= 11 is 1.72. The molecule has 8 nitrogen and oxygen atoms in total. The Morgan fingerprint density at radius 1 is 1.00 bits per heavy atom. The monoisotopic (exact) mass is 380 g/mol. The van der Waals surface area contributed by atoms with Crippen LogP contribution in [0, 0.1) is 6.92 Å². The van der Waals surface area contributed by atoms with Crippen LogP contribution in [-0.2, 0) is 6.42 Å². The van der Waals surface area contributed by atoms with Gasteiger partial charge in [-0.15, -0.1) is 21.5 Å². The Bertz CT molecular complexity index is 1110. The van der Waals surface area contributed by atoms with E-state index >= 15 is 0 Å². The predicted octanol–water partition coefficient (Wildman–Crippen LogP) is 2.33. The van der Waals surface area contributed by atoms with Crippen LogP contribution < -0.4 is 9.80 Å². The van der Waals surface area contributed by atoms with E-state index in [9.17, 15) is 0 Å². The third-order valence-electron chi connectivity index (χ3n) is 5.09. The smallest absolute Gasteiger partial charge is 0.203 e. The van der Waals surface area contributed by atoms with Crippen molar-refractivity contribution in [3.63, 3.8) is 0 Å². The molecule has 4 aromatic rings. The lowest BCUT2D eigenvalue weighted by Gasteiger charge is -2.36. The molecule has 9 heteroatoms. The van der Waals surface area contributed by atoms with E-state index in [0.717, 1.165) is 61.2 Å². The molecule has 0 unspecified atom stereocenters. The Morgan fingerprint density at radius 2 is 1.78 bits per heavy atom. The van der Waals surface area contributed by atoms with Gasteiger partial charge in [0.15, 0.2) is 5.82 Å². The Kier molecular flexibility index (Phi) is 3.89. The molecule has 0 aromatic carbocycles. The number of aryl methyl sites for hydroxylation is 2. The summed E-state index contributed by atoms with van der Waals surface area (Å²) in [5.41, 5.74) is 3.11. The fourth-order valence-electron chi connectivity index (χ4n) is 3.64. The van der Waals surface area contributed by atoms with Crippen molar-refractivity contribution in [2.75, 3.05) is 36.0 Å². The van der Waals surface area contributed by atoms with Crippen molar-refractivity contribution in [3.8, 4) is 0 Å². The third kappa shape index (κ3) is 2.61. The number of anilines is 2. The van der Waals surface area contributed by atoms with Gasteiger partial charge in [0.25, 0.3) is 0 Å². The van der Waals surface area contributed by atoms with Gasteiger partial charge in [-0.05, 0) is 17.9 Å². The molecule has 138 valence electrons. The van der Waals surface area contributed by atoms with Crippen molar-refractivity contribution in [2.45, 2.75) is 20.3 Å². The first-order valence-corrected chi connectivity index (χ1v) is 10.0. The van der Waals surface area contributed by atoms with Crippen LogP contribution in [0.4, 0.5) is 11.6 Å². The quantitative estimate of drug-likeness (QED) is 0.540. The number of hydrogen-bond acceptors (Lipinski definition) is 8. The summed E-state index contributed by atoms with van der Waals surface area (Å²) in [6.45, 7) is 7.71. The molecule has 4 aromatic heterocycles. The highest BCUT2D eigenvalue weighted by Crippen LogP contribution is 2.31. The summed E-state index contributed by atoms with van der Waals surface area (Å²) in [6, 6.07) is 0. The zero-order valence-corrected chi connectivity index (χ0v) is 16.1. The van der Waals surface area contributed by atoms with Crippen LogP contribution in [0.1, 0.15) is 18.3 Å². The molecule has 0 N–H and O–H groups in total. The van der Waals surface area contributed by atoms with E-state index in [1.165, 1.54) is 10.3 Å². The minimum Gasteiger partial charge on any atom is -0.352 e. The summed E-state index contributed by atoms with van der Waals surface area (Å²) in [4.78, 5) is 18.2. The molecule has 0 spiro atoms. The van der Waals surface area contributed by atoms with Crippen molar-refractivity contribution >= 4 is 38.8 Å². The first kappa shape index (κ1) is 16.4. The van der Waals surface area contributed by atoms with Gasteiger partial charge in [-0.1, -0.05) is 6.92 Å². The largest absolute Gasteiger partial charge is 0.352 e. The van der Waals surface area contributed by atoms with Gasteiger partial charge in [-0.3, -0.25) is 4.40 Å². The van der Waals surface area contributed by atoms with Gasteiger partial charge in [-0.2, -0.15) is 0 Å². The highest BCUT2D eigenvalue weighted by molar-refractivity contribution is 7.18. The van der Waals surface area contributed by atoms with Crippen molar-refractivity contribution < 1.29 is 0 Å². The van der Waals surface area contributed by atoms with Crippen molar-refractivity contribution in [1.29, 1.82) is 0 Å². The maximum Gasteiger partial charge on any atom is 0.203 e. The van der Waals surface area contributed by atoms with Crippen LogP contribution in [0.3, 0.4) is 0 Å². The number of piperazine rings is 1. The highest BCUT2D eigenvalue weighted by atomic mass is 32.1. The van der Waals surface area contributed by atoms with Gasteiger partial charge in [-0.25, -0.2) is 15.0 Å². The predicted molar refractivity (Wildman–Crippen MR) is 107 cm³/mol. The normalized spacial score (nSPS) is 15.2. The van der Waals surface area contributed by atoms with Crippen molar-refractivity contribution in [3.05, 3.63) is 35.5 Å². The van der Waals surface area contributed by atoms with Crippen LogP contribution in [0.15, 0.2) is 24.1 Å². The minimum atomic E-state index is 0.834. The number of thiophene rings is 1. The first-order chi connectivity index (χ1) is 13.3. The van der Waals surface area contributed by atoms with Gasteiger partial charge >= 0.3 is 0 Å². The number of aromatic nitrogens is 6. The molecule has 0 radical (unpaired) electrons. The Labute approximate surface area is 160 Å². The zero-order chi connectivity index (χ0) is 18.4. The lowest BCUT2D eigenvalue weighted by molar-refractivity contribution is 0.643. The molecule has 1 aliphatic rings. The molecule has 0 saturated carbocycles. The van der Waals surface area contributed by atoms with Gasteiger partial charge < -0.3 is 9.80 Å². The lowest BCUT2D eigenvalue weighted by atomic mass is 10.2. The Morgan fingerprint density at radius 3 is 2.56 bits per heavy atom. The summed E-state index contributed by atoms with van der Waals surface area (Å²) in [6.07, 6.45) is 6.29. The van der Waals surface area contributed by atoms with E-state index < -0.39 is 0 Å². The van der Waals surface area contributed by atoms with E-state index in [-0.39, 0.29) is 0 Å². The second kappa shape index (κ2) is 6.41. The Balaban J connectivity index is 1.41. The molecule has 0 atom stereocenters. The standard InChI is InChI=1S/C18H20N8S/c1-3-13-22-23-18-17(19-4-5-26(13)18)25-8-6-24(7-9-25)16-15-14(20-11-21-16)12(2)10-27-15/h4-5,10-11H,3,6-9H2,1-2H3. The molecule has 5 heterocycles. The van der Waals surface area contributed by atoms with E-state index in [1.807, 2.05) is 16.8 Å². The van der Waals surface area contributed by atoms with Crippen LogP contribution in [0.2, 0.25) is 0 Å². The summed E-state index contributed by atoms with van der Waals surface area (Å²) in [5, 5.41) is 10.8. The van der Waals surface area contributed by atoms with E-state index in [2.05, 4.69) is 54.2 Å². The topological polar surface area (TPSA) is 75.3 Å². The lowest BCUT2D eigenvalue weighted by Crippen LogP contribution is -2.47. The number of fused-ring (bicyclic) bond motifs is 2. The zero-order valence-electron chi connectivity index (χ0n) is 15.3. The van der Waals surface area contributed by atoms with Crippen molar-refractivity contribution in [2.24, 2.45) is 0 Å². The number of nitrogens with zero attached hydrogens (tertiary/aromatic N) is 8. The van der Waals surface area contributed by atoms with Crippen LogP contribution in [-0.4, -0.2) is 55.7 Å². The van der Waals surface area contributed by atoms with Gasteiger partial charge in [0.05, 0.1) is 10.2 Å². The molecule has 1 saturated heterocycles. The van der Waals surface area contributed by atoms with E-state index in [4.69, 9.17) is 0 Å². The fourth-order valence-corrected chi connectivity index (χ4v) is 4.66. The molecule has 0 bridgehead atoms. The van der Waals surface area contributed by atoms with Gasteiger partial charge in [0, 0.05) is 45.0 Å². The summed E-state index contributed by atoms with van der Waals surface area (Å²) in [7, 11) is 0. The molecular weight excluding hydrogens is 360 g/mol. The number of rotatable bonds is 3. The van der Waals surface area contributed by atoms with Crippen LogP contribution in [0.25, 0.3) is 15.9 Å². The second-order valence-corrected chi connectivity index (χ2v) is 7.56. The van der Waals surface area contributed by atoms with Crippen LogP contribution in [0.5, 0.6) is 0 Å². The summed E-state index contributed by atoms with van der Waals surface area (Å²) in [5.74, 6) is 2.91. The molecule has 0 amide bonds. The fraction of sp³-hybridized carbons (Fsp3) is 0.389. The second-order valence-electron chi connectivity index (χ2n) is 6.68. The van der Waals surface area contributed by atoms with Gasteiger partial charge in [0.1, 0.15) is 18.0 Å². The molecule has 1 aliphatic heterocycles. The molecule has 1 fully saturated rings. The SMILES string of the molecule is CCc1nnc2c(N3CCN(c4ncnc5c(C)csc45)CC3)nccn12. The minimum absolute atomic E-state index is 0.834. The van der Waals surface area contributed by atoms with E-state index in [1.54, 1.807) is 17.7 Å². The molecule has 5 rings (SSSR count). The van der Waals surface area contributed by atoms with Gasteiger partial charge in [0.2, 0.25) is 5.65 Å². The molecule has 0 aliphatic carbocycles. The Hall–Kier alpha value is -2.81. The maximum atomic E-state index is 4.59. The van der Waals surface area contributed by atoms with Crippen molar-refractivity contribution in [1.82, 2.24) is 29.5 Å². The third-order valence-corrected chi connectivity index (χ3v) is 6.17. The van der Waals surface area contributed by atoms with Crippen LogP contribution >= 0.6 is 11.3 Å². The number of hydrogen-bond donors (Lipinski definition) is 0. The highest BCUT2D eigenvalue weighted by Gasteiger charge is 2.24. The van der Waals surface area contributed by atoms with E-state index in [0.29, 0.717) is 0 Å². The summed E-state index contributed by atoms with van der Waals surface area (Å²) < 4.78 is 3.21. The maximum absolute atomic E-state index is 4.59.